The Morgan fingerprint density at radius 1 is 0.568 bits per heavy atom. The molecule has 0 aromatic rings. The van der Waals surface area contributed by atoms with E-state index in [1.54, 1.807) is 52.4 Å². The summed E-state index contributed by atoms with van der Waals surface area (Å²) in [4.78, 5) is 57.5. The van der Waals surface area contributed by atoms with Crippen molar-refractivity contribution < 1.29 is 49.0 Å². The molecule has 0 heterocycles. The zero-order valence-corrected chi connectivity index (χ0v) is 36.7. The first-order valence-corrected chi connectivity index (χ1v) is 43.5. The summed E-state index contributed by atoms with van der Waals surface area (Å²) in [6, 6.07) is 0. The van der Waals surface area contributed by atoms with Gasteiger partial charge in [-0.05, 0) is 85.1 Å². The molecule has 0 aliphatic carbocycles. The first kappa shape index (κ1) is 39.2. The Kier molecular flexibility index (Phi) is 13.6. The second-order valence-corrected chi connectivity index (χ2v) is 76.1. The number of rotatable bonds is 16. The highest BCUT2D eigenvalue weighted by atomic mass is 30.2. The lowest BCUT2D eigenvalue weighted by molar-refractivity contribution is 0.271. The molecule has 0 saturated carbocycles. The van der Waals surface area contributed by atoms with Gasteiger partial charge in [0.2, 0.25) is 44.7 Å². The van der Waals surface area contributed by atoms with E-state index in [0.29, 0.717) is 0 Å². The van der Waals surface area contributed by atoms with E-state index in [0.717, 1.165) is 0 Å². The van der Waals surface area contributed by atoms with Crippen molar-refractivity contribution in [3.05, 3.63) is 0 Å². The summed E-state index contributed by atoms with van der Waals surface area (Å²) >= 11 is 0. The summed E-state index contributed by atoms with van der Waals surface area (Å²) in [5.74, 6) is 0. The molecule has 7 radical (unpaired) electrons. The largest absolute Gasteiger partial charge is 0.456 e. The molecule has 0 saturated heterocycles. The summed E-state index contributed by atoms with van der Waals surface area (Å²) in [5, 5.41) is 0. The highest BCUT2D eigenvalue weighted by Gasteiger charge is 2.85. The molecule has 0 bridgehead atoms. The van der Waals surface area contributed by atoms with E-state index in [9.17, 15) is 24.0 Å². The molecule has 5 N–H and O–H groups in total. The van der Waals surface area contributed by atoms with Gasteiger partial charge in [0.05, 0.1) is 0 Å². The third kappa shape index (κ3) is 9.07. The number of hydrogen-bond donors (Lipinski definition) is 5. The second kappa shape index (κ2) is 12.8. The summed E-state index contributed by atoms with van der Waals surface area (Å²) in [7, 11) is -20.8. The quantitative estimate of drug-likeness (QED) is 0.136. The molecule has 0 aromatic heterocycles. The maximum Gasteiger partial charge on any atom is 0.339 e. The molecular weight excluding hydrogens is 681 g/mol. The fraction of sp³-hybridized carbons (Fsp3) is 1.00. The van der Waals surface area contributed by atoms with Crippen molar-refractivity contribution in [3.63, 3.8) is 0 Å². The molecule has 3 atom stereocenters. The summed E-state index contributed by atoms with van der Waals surface area (Å²) in [6.45, 7) is 14.8. The van der Waals surface area contributed by atoms with Gasteiger partial charge >= 0.3 is 33.3 Å². The Morgan fingerprint density at radius 2 is 0.946 bits per heavy atom. The average Bonchev–Trinajstić information content (AvgIpc) is 2.61. The first-order valence-electron chi connectivity index (χ1n) is 11.8. The van der Waals surface area contributed by atoms with Gasteiger partial charge in [-0.3, -0.25) is 0 Å². The monoisotopic (exact) mass is 727 g/mol. The normalized spacial score (nSPS) is 19.8. The molecule has 0 aliphatic rings. The van der Waals surface area contributed by atoms with Gasteiger partial charge < -0.3 is 49.0 Å². The smallest absolute Gasteiger partial charge is 0.339 e. The van der Waals surface area contributed by atoms with Crippen molar-refractivity contribution in [2.75, 3.05) is 7.11 Å². The predicted octanol–water partition coefficient (Wildman–Crippen LogP) is -0.0101. The molecule has 23 heteroatoms. The molecule has 217 valence electrons. The van der Waals surface area contributed by atoms with E-state index < -0.39 is 89.6 Å². The van der Waals surface area contributed by atoms with Crippen LogP contribution in [0.5, 0.6) is 0 Å². The number of hydrogen-bond acceptors (Lipinski definition) is 11. The van der Waals surface area contributed by atoms with Gasteiger partial charge in [0, 0.05) is 7.11 Å². The first-order chi connectivity index (χ1) is 16.1. The fourth-order valence-corrected chi connectivity index (χ4v) is 158. The lowest BCUT2D eigenvalue weighted by atomic mass is 11.8. The van der Waals surface area contributed by atoms with Crippen LogP contribution in [0.2, 0.25) is 85.1 Å². The van der Waals surface area contributed by atoms with Crippen LogP contribution in [0.3, 0.4) is 0 Å². The van der Waals surface area contributed by atoms with Gasteiger partial charge in [-0.25, -0.2) is 0 Å². The molecule has 11 nitrogen and oxygen atoms in total. The Hall–Kier alpha value is 2.16. The maximum absolute atomic E-state index is 12.0. The van der Waals surface area contributed by atoms with E-state index in [-0.39, 0.29) is 0 Å². The summed E-state index contributed by atoms with van der Waals surface area (Å²) < 4.78 is 39.2. The van der Waals surface area contributed by atoms with Gasteiger partial charge in [-0.2, -0.15) is 0 Å². The zero-order chi connectivity index (χ0) is 30.2. The Labute approximate surface area is 240 Å². The lowest BCUT2D eigenvalue weighted by Gasteiger charge is -2.60. The predicted molar refractivity (Wildman–Crippen MR) is 169 cm³/mol. The lowest BCUT2D eigenvalue weighted by Crippen LogP contribution is -3.00. The van der Waals surface area contributed by atoms with Crippen LogP contribution in [0.1, 0.15) is 0 Å². The zero-order valence-electron chi connectivity index (χ0n) is 24.7. The Bertz CT molecular complexity index is 745. The Morgan fingerprint density at radius 3 is 1.19 bits per heavy atom. The molecule has 0 rings (SSSR count). The molecule has 0 spiro atoms. The fourth-order valence-electron chi connectivity index (χ4n) is 4.08. The van der Waals surface area contributed by atoms with Crippen molar-refractivity contribution >= 4 is 100 Å². The van der Waals surface area contributed by atoms with Gasteiger partial charge in [-0.15, -0.1) is 0 Å². The molecule has 0 aliphatic heterocycles. The van der Waals surface area contributed by atoms with Gasteiger partial charge in [0.15, 0.2) is 8.32 Å². The van der Waals surface area contributed by atoms with E-state index in [1.807, 2.05) is 32.7 Å². The van der Waals surface area contributed by atoms with Crippen molar-refractivity contribution in [3.8, 4) is 0 Å². The average molecular weight is 729 g/mol. The summed E-state index contributed by atoms with van der Waals surface area (Å²) in [6.07, 6.45) is 0. The standard InChI is InChI=1S/C14H47O11Si12/c1-20-33(11,12)24-35(25-34(13,14)22-29(2,3)4,36(21-26,27-15)31(7,8)18)37(28-16,32(9,10)19)23-30(5,6)17/h15-19H,1-14H3. The van der Waals surface area contributed by atoms with Crippen LogP contribution in [0.4, 0.5) is 0 Å². The second-order valence-electron chi connectivity index (χ2n) is 12.4. The van der Waals surface area contributed by atoms with Crippen LogP contribution in [-0.4, -0.2) is 131 Å². The Balaban J connectivity index is 8.37. The van der Waals surface area contributed by atoms with Crippen LogP contribution < -0.4 is 0 Å². The van der Waals surface area contributed by atoms with Crippen molar-refractivity contribution in [2.45, 2.75) is 85.1 Å². The maximum atomic E-state index is 12.0. The molecule has 37 heavy (non-hydrogen) atoms. The van der Waals surface area contributed by atoms with Crippen molar-refractivity contribution in [1.29, 1.82) is 0 Å². The molecule has 3 unspecified atom stereocenters. The third-order valence-corrected chi connectivity index (χ3v) is 108. The van der Waals surface area contributed by atoms with Gasteiger partial charge in [-0.1, -0.05) is 0 Å². The van der Waals surface area contributed by atoms with E-state index in [1.165, 1.54) is 7.11 Å². The van der Waals surface area contributed by atoms with E-state index in [4.69, 9.17) is 25.0 Å². The molecular formula is C14H47O11Si12. The van der Waals surface area contributed by atoms with Gasteiger partial charge in [0.25, 0.3) is 13.7 Å². The van der Waals surface area contributed by atoms with E-state index >= 15 is 0 Å². The molecule has 0 aromatic carbocycles. The van der Waals surface area contributed by atoms with Gasteiger partial charge in [0.1, 0.15) is 0 Å². The molecule has 0 amide bonds. The van der Waals surface area contributed by atoms with E-state index in [2.05, 4.69) is 10.5 Å². The van der Waals surface area contributed by atoms with Crippen LogP contribution in [0.25, 0.3) is 0 Å². The minimum absolute atomic E-state index is 0.946. The topological polar surface area (TPSA) is 157 Å². The SMILES string of the molecule is CO[Si](C)(C)O[Si](O[Si](C)(C)O[Si](C)(C)C)([Si](O[Si])([Si]O)[Si](C)(C)O)[Si](O[Si](C)(C)O)([Si]O)[Si](C)(C)O. The molecule has 0 fully saturated rings. The minimum atomic E-state index is -4.42. The van der Waals surface area contributed by atoms with Crippen LogP contribution in [0.15, 0.2) is 0 Å². The van der Waals surface area contributed by atoms with Crippen LogP contribution in [0, 0.1) is 0 Å². The minimum Gasteiger partial charge on any atom is -0.456 e. The van der Waals surface area contributed by atoms with Crippen molar-refractivity contribution in [1.82, 2.24) is 0 Å². The third-order valence-electron chi connectivity index (χ3n) is 5.34. The van der Waals surface area contributed by atoms with Crippen LogP contribution in [-0.2, 0) is 25.0 Å². The summed E-state index contributed by atoms with van der Waals surface area (Å²) in [5.41, 5.74) is 0. The highest BCUT2D eigenvalue weighted by molar-refractivity contribution is 8.01. The van der Waals surface area contributed by atoms with Crippen molar-refractivity contribution in [2.24, 2.45) is 0 Å². The van der Waals surface area contributed by atoms with Crippen LogP contribution >= 0.6 is 0 Å². The highest BCUT2D eigenvalue weighted by Crippen LogP contribution is 2.43.